The standard InChI is InChI=1S/C16H24N2O2/c1-16(2,3)20-15(19)13-6-5-7-14(12-13)18-10-8-17(4)9-11-18/h5-7,12H,8-11H2,1-4H3. The van der Waals surface area contributed by atoms with Crippen LogP contribution in [0.25, 0.3) is 0 Å². The number of esters is 1. The summed E-state index contributed by atoms with van der Waals surface area (Å²) in [6, 6.07) is 7.72. The Bertz CT molecular complexity index is 472. The lowest BCUT2D eigenvalue weighted by atomic mass is 10.1. The second-order valence-electron chi connectivity index (χ2n) is 6.34. The van der Waals surface area contributed by atoms with Crippen LogP contribution in [0.2, 0.25) is 0 Å². The molecule has 1 aromatic carbocycles. The fourth-order valence-electron chi connectivity index (χ4n) is 2.23. The molecule has 1 aliphatic heterocycles. The number of hydrogen-bond acceptors (Lipinski definition) is 4. The minimum absolute atomic E-state index is 0.256. The summed E-state index contributed by atoms with van der Waals surface area (Å²) in [6.07, 6.45) is 0. The molecule has 0 aromatic heterocycles. The van der Waals surface area contributed by atoms with E-state index in [0.717, 1.165) is 31.9 Å². The number of carbonyl (C=O) groups excluding carboxylic acids is 1. The number of likely N-dealkylation sites (N-methyl/N-ethyl adjacent to an activating group) is 1. The second kappa shape index (κ2) is 5.83. The van der Waals surface area contributed by atoms with Crippen LogP contribution >= 0.6 is 0 Å². The van der Waals surface area contributed by atoms with Crippen LogP contribution < -0.4 is 4.90 Å². The number of rotatable bonds is 2. The molecule has 0 N–H and O–H groups in total. The molecule has 1 saturated heterocycles. The summed E-state index contributed by atoms with van der Waals surface area (Å²) in [6.45, 7) is 9.75. The van der Waals surface area contributed by atoms with Crippen molar-refractivity contribution >= 4 is 11.7 Å². The van der Waals surface area contributed by atoms with Gasteiger partial charge >= 0.3 is 5.97 Å². The molecule has 2 rings (SSSR count). The summed E-state index contributed by atoms with van der Waals surface area (Å²) in [5, 5.41) is 0. The van der Waals surface area contributed by atoms with E-state index < -0.39 is 5.60 Å². The predicted molar refractivity (Wildman–Crippen MR) is 81.3 cm³/mol. The highest BCUT2D eigenvalue weighted by molar-refractivity contribution is 5.90. The van der Waals surface area contributed by atoms with E-state index >= 15 is 0 Å². The van der Waals surface area contributed by atoms with E-state index in [-0.39, 0.29) is 5.97 Å². The van der Waals surface area contributed by atoms with Gasteiger partial charge < -0.3 is 14.5 Å². The van der Waals surface area contributed by atoms with Crippen molar-refractivity contribution in [3.63, 3.8) is 0 Å². The van der Waals surface area contributed by atoms with Gasteiger partial charge in [-0.3, -0.25) is 0 Å². The summed E-state index contributed by atoms with van der Waals surface area (Å²) in [5.41, 5.74) is 1.26. The van der Waals surface area contributed by atoms with Gasteiger partial charge in [-0.1, -0.05) is 6.07 Å². The summed E-state index contributed by atoms with van der Waals surface area (Å²) in [4.78, 5) is 16.7. The van der Waals surface area contributed by atoms with E-state index in [2.05, 4.69) is 22.9 Å². The van der Waals surface area contributed by atoms with Crippen LogP contribution in [0.3, 0.4) is 0 Å². The van der Waals surface area contributed by atoms with E-state index in [1.807, 2.05) is 39.0 Å². The monoisotopic (exact) mass is 276 g/mol. The van der Waals surface area contributed by atoms with E-state index in [0.29, 0.717) is 5.56 Å². The molecule has 0 amide bonds. The molecule has 0 spiro atoms. The molecule has 110 valence electrons. The maximum atomic E-state index is 12.1. The van der Waals surface area contributed by atoms with Crippen molar-refractivity contribution in [3.05, 3.63) is 29.8 Å². The zero-order valence-electron chi connectivity index (χ0n) is 12.8. The Hall–Kier alpha value is -1.55. The molecule has 0 atom stereocenters. The Morgan fingerprint density at radius 3 is 2.40 bits per heavy atom. The molecule has 1 heterocycles. The second-order valence-corrected chi connectivity index (χ2v) is 6.34. The average Bonchev–Trinajstić information content (AvgIpc) is 2.38. The van der Waals surface area contributed by atoms with Gasteiger partial charge in [0, 0.05) is 31.9 Å². The summed E-state index contributed by atoms with van der Waals surface area (Å²) >= 11 is 0. The smallest absolute Gasteiger partial charge is 0.338 e. The van der Waals surface area contributed by atoms with Gasteiger partial charge in [-0.25, -0.2) is 4.79 Å². The molecule has 1 aliphatic rings. The third-order valence-corrected chi connectivity index (χ3v) is 3.35. The highest BCUT2D eigenvalue weighted by atomic mass is 16.6. The highest BCUT2D eigenvalue weighted by Crippen LogP contribution is 2.20. The van der Waals surface area contributed by atoms with Crippen LogP contribution in [0.15, 0.2) is 24.3 Å². The zero-order valence-corrected chi connectivity index (χ0v) is 12.8. The molecule has 1 aromatic rings. The van der Waals surface area contributed by atoms with Gasteiger partial charge in [-0.15, -0.1) is 0 Å². The van der Waals surface area contributed by atoms with Crippen LogP contribution in [0.4, 0.5) is 5.69 Å². The molecule has 20 heavy (non-hydrogen) atoms. The number of piperazine rings is 1. The van der Waals surface area contributed by atoms with E-state index in [1.165, 1.54) is 0 Å². The first-order valence-electron chi connectivity index (χ1n) is 7.12. The summed E-state index contributed by atoms with van der Waals surface area (Å²) in [5.74, 6) is -0.256. The molecule has 4 heteroatoms. The van der Waals surface area contributed by atoms with Gasteiger partial charge in [-0.2, -0.15) is 0 Å². The van der Waals surface area contributed by atoms with Crippen molar-refractivity contribution in [2.45, 2.75) is 26.4 Å². The molecule has 0 bridgehead atoms. The van der Waals surface area contributed by atoms with Crippen LogP contribution in [0.1, 0.15) is 31.1 Å². The zero-order chi connectivity index (χ0) is 14.8. The molecule has 0 aliphatic carbocycles. The first kappa shape index (κ1) is 14.9. The fraction of sp³-hybridized carbons (Fsp3) is 0.562. The number of anilines is 1. The molecule has 0 radical (unpaired) electrons. The van der Waals surface area contributed by atoms with Crippen molar-refractivity contribution in [2.75, 3.05) is 38.1 Å². The number of ether oxygens (including phenoxy) is 1. The van der Waals surface area contributed by atoms with Crippen LogP contribution in [-0.4, -0.2) is 49.7 Å². The number of benzene rings is 1. The SMILES string of the molecule is CN1CCN(c2cccc(C(=O)OC(C)(C)C)c2)CC1. The highest BCUT2D eigenvalue weighted by Gasteiger charge is 2.19. The van der Waals surface area contributed by atoms with Crippen molar-refractivity contribution in [1.29, 1.82) is 0 Å². The number of hydrogen-bond donors (Lipinski definition) is 0. The summed E-state index contributed by atoms with van der Waals surface area (Å²) < 4.78 is 5.42. The van der Waals surface area contributed by atoms with Crippen LogP contribution in [0, 0.1) is 0 Å². The Morgan fingerprint density at radius 2 is 1.80 bits per heavy atom. The van der Waals surface area contributed by atoms with Gasteiger partial charge in [0.2, 0.25) is 0 Å². The van der Waals surface area contributed by atoms with Gasteiger partial charge in [-0.05, 0) is 46.0 Å². The fourth-order valence-corrected chi connectivity index (χ4v) is 2.23. The minimum atomic E-state index is -0.457. The average molecular weight is 276 g/mol. The first-order valence-corrected chi connectivity index (χ1v) is 7.12. The normalized spacial score (nSPS) is 17.1. The lowest BCUT2D eigenvalue weighted by Crippen LogP contribution is -2.44. The maximum absolute atomic E-state index is 12.1. The molecule has 4 nitrogen and oxygen atoms in total. The topological polar surface area (TPSA) is 32.8 Å². The van der Waals surface area contributed by atoms with Gasteiger partial charge in [0.25, 0.3) is 0 Å². The van der Waals surface area contributed by atoms with Crippen molar-refractivity contribution in [3.8, 4) is 0 Å². The number of nitrogens with zero attached hydrogens (tertiary/aromatic N) is 2. The third-order valence-electron chi connectivity index (χ3n) is 3.35. The van der Waals surface area contributed by atoms with Crippen molar-refractivity contribution < 1.29 is 9.53 Å². The molecular weight excluding hydrogens is 252 g/mol. The third kappa shape index (κ3) is 3.97. The van der Waals surface area contributed by atoms with Gasteiger partial charge in [0.15, 0.2) is 0 Å². The predicted octanol–water partition coefficient (Wildman–Crippen LogP) is 2.39. The van der Waals surface area contributed by atoms with E-state index in [9.17, 15) is 4.79 Å². The maximum Gasteiger partial charge on any atom is 0.338 e. The molecular formula is C16H24N2O2. The quantitative estimate of drug-likeness (QED) is 0.777. The largest absolute Gasteiger partial charge is 0.456 e. The molecule has 0 saturated carbocycles. The molecule has 1 fully saturated rings. The van der Waals surface area contributed by atoms with E-state index in [4.69, 9.17) is 4.74 Å². The van der Waals surface area contributed by atoms with Gasteiger partial charge in [0.05, 0.1) is 5.56 Å². The lowest BCUT2D eigenvalue weighted by molar-refractivity contribution is 0.00696. The Balaban J connectivity index is 2.10. The van der Waals surface area contributed by atoms with Crippen LogP contribution in [-0.2, 0) is 4.74 Å². The molecule has 0 unspecified atom stereocenters. The Labute approximate surface area is 121 Å². The summed E-state index contributed by atoms with van der Waals surface area (Å²) in [7, 11) is 2.13. The van der Waals surface area contributed by atoms with Gasteiger partial charge in [0.1, 0.15) is 5.60 Å². The number of carbonyl (C=O) groups is 1. The Morgan fingerprint density at radius 1 is 1.15 bits per heavy atom. The minimum Gasteiger partial charge on any atom is -0.456 e. The first-order chi connectivity index (χ1) is 9.35. The van der Waals surface area contributed by atoms with Crippen molar-refractivity contribution in [1.82, 2.24) is 4.90 Å². The van der Waals surface area contributed by atoms with Crippen molar-refractivity contribution in [2.24, 2.45) is 0 Å². The van der Waals surface area contributed by atoms with Crippen LogP contribution in [0.5, 0.6) is 0 Å². The lowest BCUT2D eigenvalue weighted by Gasteiger charge is -2.34. The Kier molecular flexibility index (Phi) is 4.33. The van der Waals surface area contributed by atoms with E-state index in [1.54, 1.807) is 0 Å².